The molecular formula is C26H36N6O8. The van der Waals surface area contributed by atoms with Gasteiger partial charge < -0.3 is 42.6 Å². The first-order chi connectivity index (χ1) is 18.8. The Hall–Kier alpha value is -4.46. The van der Waals surface area contributed by atoms with E-state index in [-0.39, 0.29) is 31.6 Å². The fourth-order valence-electron chi connectivity index (χ4n) is 4.09. The number of amides is 4. The highest BCUT2D eigenvalue weighted by Gasteiger charge is 2.32. The van der Waals surface area contributed by atoms with E-state index in [1.54, 1.807) is 20.0 Å². The predicted molar refractivity (Wildman–Crippen MR) is 144 cm³/mol. The third-order valence-corrected chi connectivity index (χ3v) is 6.10. The number of aromatic amines is 1. The molecule has 0 aliphatic rings. The van der Waals surface area contributed by atoms with Crippen LogP contribution in [0.4, 0.5) is 0 Å². The fraction of sp³-hybridized carbons (Fsp3) is 0.462. The number of carbonyl (C=O) groups is 6. The number of nitrogens with one attached hydrogen (secondary N) is 4. The minimum Gasteiger partial charge on any atom is -0.481 e. The van der Waals surface area contributed by atoms with Crippen molar-refractivity contribution in [3.05, 3.63) is 36.0 Å². The first-order valence-electron chi connectivity index (χ1n) is 12.7. The standard InChI is InChI=1S/C26H36N6O8/c1-13(2)9-20(26(39)40)32-24(37)18(7-8-21(28)33)30-25(38)19(11-22(34)35)31-23(36)16(27)10-14-12-29-17-6-4-3-5-15(14)17/h3-6,12-13,16,18-20,29H,7-11,27H2,1-2H3,(H2,28,33)(H,30,38)(H,31,36)(H,32,37)(H,34,35)(H,39,40). The van der Waals surface area contributed by atoms with E-state index < -0.39 is 66.2 Å². The van der Waals surface area contributed by atoms with Crippen LogP contribution < -0.4 is 27.4 Å². The Morgan fingerprint density at radius 1 is 0.900 bits per heavy atom. The number of carboxylic acids is 2. The topological polar surface area (TPSA) is 247 Å². The first kappa shape index (κ1) is 31.8. The van der Waals surface area contributed by atoms with Gasteiger partial charge in [-0.05, 0) is 36.8 Å². The van der Waals surface area contributed by atoms with Gasteiger partial charge in [-0.15, -0.1) is 0 Å². The molecule has 1 aromatic carbocycles. The number of carbonyl (C=O) groups excluding carboxylic acids is 4. The summed E-state index contributed by atoms with van der Waals surface area (Å²) in [6.45, 7) is 3.52. The number of benzene rings is 1. The maximum Gasteiger partial charge on any atom is 0.326 e. The number of aliphatic carboxylic acids is 2. The van der Waals surface area contributed by atoms with Crippen molar-refractivity contribution in [3.8, 4) is 0 Å². The molecule has 0 spiro atoms. The van der Waals surface area contributed by atoms with Crippen LogP contribution in [0.3, 0.4) is 0 Å². The Balaban J connectivity index is 2.15. The number of H-pyrrole nitrogens is 1. The number of aromatic nitrogens is 1. The zero-order chi connectivity index (χ0) is 30.0. The molecule has 1 heterocycles. The van der Waals surface area contributed by atoms with Gasteiger partial charge in [-0.25, -0.2) is 4.79 Å². The molecular weight excluding hydrogens is 524 g/mol. The van der Waals surface area contributed by atoms with Crippen molar-refractivity contribution in [1.82, 2.24) is 20.9 Å². The molecule has 14 nitrogen and oxygen atoms in total. The van der Waals surface area contributed by atoms with Gasteiger partial charge in [0.1, 0.15) is 18.1 Å². The number of fused-ring (bicyclic) bond motifs is 1. The van der Waals surface area contributed by atoms with Crippen molar-refractivity contribution in [2.24, 2.45) is 17.4 Å². The van der Waals surface area contributed by atoms with Crippen LogP contribution in [-0.2, 0) is 35.2 Å². The Labute approximate surface area is 230 Å². The highest BCUT2D eigenvalue weighted by molar-refractivity contribution is 5.96. The monoisotopic (exact) mass is 560 g/mol. The molecule has 0 radical (unpaired) electrons. The number of para-hydroxylation sites is 1. The summed E-state index contributed by atoms with van der Waals surface area (Å²) in [5, 5.41) is 26.6. The summed E-state index contributed by atoms with van der Waals surface area (Å²) in [5.74, 6) is -6.29. The van der Waals surface area contributed by atoms with Crippen molar-refractivity contribution in [3.63, 3.8) is 0 Å². The molecule has 218 valence electrons. The van der Waals surface area contributed by atoms with E-state index in [1.165, 1.54) is 0 Å². The number of rotatable bonds is 16. The van der Waals surface area contributed by atoms with Gasteiger partial charge in [0.25, 0.3) is 0 Å². The second-order valence-corrected chi connectivity index (χ2v) is 9.92. The minimum absolute atomic E-state index is 0.0799. The van der Waals surface area contributed by atoms with E-state index in [4.69, 9.17) is 11.5 Å². The van der Waals surface area contributed by atoms with Gasteiger partial charge in [-0.2, -0.15) is 0 Å². The van der Waals surface area contributed by atoms with Crippen LogP contribution >= 0.6 is 0 Å². The van der Waals surface area contributed by atoms with Crippen molar-refractivity contribution < 1.29 is 39.0 Å². The number of nitrogens with two attached hydrogens (primary N) is 2. The molecule has 10 N–H and O–H groups in total. The Morgan fingerprint density at radius 3 is 2.10 bits per heavy atom. The Bertz CT molecular complexity index is 1240. The largest absolute Gasteiger partial charge is 0.481 e. The normalized spacial score (nSPS) is 14.1. The lowest BCUT2D eigenvalue weighted by Gasteiger charge is -2.25. The van der Waals surface area contributed by atoms with Crippen LogP contribution in [0.25, 0.3) is 10.9 Å². The van der Waals surface area contributed by atoms with E-state index >= 15 is 0 Å². The third kappa shape index (κ3) is 9.69. The molecule has 0 fully saturated rings. The van der Waals surface area contributed by atoms with E-state index in [9.17, 15) is 39.0 Å². The second kappa shape index (κ2) is 14.6. The molecule has 40 heavy (non-hydrogen) atoms. The summed E-state index contributed by atoms with van der Waals surface area (Å²) in [4.78, 5) is 76.2. The van der Waals surface area contributed by atoms with Crippen LogP contribution in [-0.4, -0.2) is 74.9 Å². The molecule has 4 unspecified atom stereocenters. The molecule has 0 saturated heterocycles. The summed E-state index contributed by atoms with van der Waals surface area (Å²) in [5.41, 5.74) is 12.8. The van der Waals surface area contributed by atoms with Gasteiger partial charge in [0, 0.05) is 23.5 Å². The van der Waals surface area contributed by atoms with Crippen LogP contribution in [0.2, 0.25) is 0 Å². The number of primary amides is 1. The Kier molecular flexibility index (Phi) is 11.6. The quantitative estimate of drug-likeness (QED) is 0.130. The van der Waals surface area contributed by atoms with Gasteiger partial charge in [0.05, 0.1) is 12.5 Å². The van der Waals surface area contributed by atoms with Gasteiger partial charge in [0.15, 0.2) is 0 Å². The average Bonchev–Trinajstić information content (AvgIpc) is 3.27. The maximum absolute atomic E-state index is 13.0. The molecule has 2 aromatic rings. The summed E-state index contributed by atoms with van der Waals surface area (Å²) >= 11 is 0. The summed E-state index contributed by atoms with van der Waals surface area (Å²) < 4.78 is 0. The molecule has 4 amide bonds. The van der Waals surface area contributed by atoms with Crippen LogP contribution in [0.15, 0.2) is 30.5 Å². The highest BCUT2D eigenvalue weighted by Crippen LogP contribution is 2.19. The zero-order valence-corrected chi connectivity index (χ0v) is 22.3. The van der Waals surface area contributed by atoms with Crippen molar-refractivity contribution in [2.45, 2.75) is 70.1 Å². The lowest BCUT2D eigenvalue weighted by atomic mass is 10.0. The van der Waals surface area contributed by atoms with E-state index in [1.807, 2.05) is 24.3 Å². The molecule has 1 aromatic heterocycles. The second-order valence-electron chi connectivity index (χ2n) is 9.92. The molecule has 4 atom stereocenters. The van der Waals surface area contributed by atoms with Gasteiger partial charge in [-0.3, -0.25) is 24.0 Å². The third-order valence-electron chi connectivity index (χ3n) is 6.10. The zero-order valence-electron chi connectivity index (χ0n) is 22.3. The summed E-state index contributed by atoms with van der Waals surface area (Å²) in [6, 6.07) is 1.92. The number of hydrogen-bond donors (Lipinski definition) is 8. The smallest absolute Gasteiger partial charge is 0.326 e. The molecule has 0 aliphatic carbocycles. The maximum atomic E-state index is 13.0. The lowest BCUT2D eigenvalue weighted by Crippen LogP contribution is -2.57. The van der Waals surface area contributed by atoms with Gasteiger partial charge in [-0.1, -0.05) is 32.0 Å². The summed E-state index contributed by atoms with van der Waals surface area (Å²) in [6.07, 6.45) is 0.453. The van der Waals surface area contributed by atoms with E-state index in [2.05, 4.69) is 20.9 Å². The lowest BCUT2D eigenvalue weighted by molar-refractivity contribution is -0.143. The SMILES string of the molecule is CC(C)CC(NC(=O)C(CCC(N)=O)NC(=O)C(CC(=O)O)NC(=O)C(N)Cc1c[nH]c2ccccc12)C(=O)O. The van der Waals surface area contributed by atoms with Crippen LogP contribution in [0.5, 0.6) is 0 Å². The molecule has 0 saturated carbocycles. The van der Waals surface area contributed by atoms with Crippen LogP contribution in [0, 0.1) is 5.92 Å². The average molecular weight is 561 g/mol. The fourth-order valence-corrected chi connectivity index (χ4v) is 4.09. The van der Waals surface area contributed by atoms with Gasteiger partial charge >= 0.3 is 11.9 Å². The highest BCUT2D eigenvalue weighted by atomic mass is 16.4. The van der Waals surface area contributed by atoms with E-state index in [0.717, 1.165) is 16.5 Å². The molecule has 2 rings (SSSR count). The predicted octanol–water partition coefficient (Wildman–Crippen LogP) is -0.637. The molecule has 0 bridgehead atoms. The number of carboxylic acid groups (broad SMARTS) is 2. The summed E-state index contributed by atoms with van der Waals surface area (Å²) in [7, 11) is 0. The molecule has 14 heteroatoms. The first-order valence-corrected chi connectivity index (χ1v) is 12.7. The van der Waals surface area contributed by atoms with Crippen molar-refractivity contribution >= 4 is 46.5 Å². The number of hydrogen-bond acceptors (Lipinski definition) is 7. The van der Waals surface area contributed by atoms with E-state index in [0.29, 0.717) is 0 Å². The Morgan fingerprint density at radius 2 is 1.50 bits per heavy atom. The van der Waals surface area contributed by atoms with Crippen molar-refractivity contribution in [2.75, 3.05) is 0 Å². The van der Waals surface area contributed by atoms with Crippen molar-refractivity contribution in [1.29, 1.82) is 0 Å². The molecule has 0 aliphatic heterocycles. The minimum atomic E-state index is -1.62. The van der Waals surface area contributed by atoms with Crippen LogP contribution in [0.1, 0.15) is 45.1 Å². The van der Waals surface area contributed by atoms with Gasteiger partial charge in [0.2, 0.25) is 23.6 Å².